The van der Waals surface area contributed by atoms with Crippen LogP contribution < -0.4 is 5.32 Å². The fourth-order valence-electron chi connectivity index (χ4n) is 0.860. The van der Waals surface area contributed by atoms with Gasteiger partial charge in [0.1, 0.15) is 6.61 Å². The van der Waals surface area contributed by atoms with Crippen molar-refractivity contribution in [2.75, 3.05) is 19.8 Å². The minimum absolute atomic E-state index is 0.00873. The Labute approximate surface area is 60.7 Å². The van der Waals surface area contributed by atoms with E-state index >= 15 is 0 Å². The van der Waals surface area contributed by atoms with Crippen molar-refractivity contribution in [3.8, 4) is 0 Å². The molecule has 0 unspecified atom stereocenters. The van der Waals surface area contributed by atoms with Gasteiger partial charge in [-0.3, -0.25) is 4.79 Å². The van der Waals surface area contributed by atoms with Gasteiger partial charge >= 0.3 is 0 Å². The molecule has 1 fully saturated rings. The van der Waals surface area contributed by atoms with Gasteiger partial charge in [0.2, 0.25) is 5.91 Å². The molecule has 0 atom stereocenters. The van der Waals surface area contributed by atoms with Crippen molar-refractivity contribution >= 4 is 5.91 Å². The smallest absolute Gasteiger partial charge is 0.246 e. The molecule has 0 aromatic carbocycles. The summed E-state index contributed by atoms with van der Waals surface area (Å²) in [6, 6.07) is 0. The quantitative estimate of drug-likeness (QED) is 0.524. The van der Waals surface area contributed by atoms with Gasteiger partial charge in [0.05, 0.1) is 6.61 Å². The molecule has 1 heterocycles. The van der Waals surface area contributed by atoms with E-state index in [0.717, 1.165) is 0 Å². The fourth-order valence-corrected chi connectivity index (χ4v) is 0.860. The van der Waals surface area contributed by atoms with E-state index in [1.807, 2.05) is 0 Å². The van der Waals surface area contributed by atoms with Gasteiger partial charge < -0.3 is 10.1 Å². The van der Waals surface area contributed by atoms with Crippen LogP contribution in [0.3, 0.4) is 0 Å². The number of hydrogen-bond donors (Lipinski definition) is 1. The molecule has 0 bridgehead atoms. The average molecular weight is 143 g/mol. The standard InChI is InChI=1S/C7H13NO2/c1-7(2)4-8-6(9)3-10-5-7/h3-5H2,1-2H3,(H,8,9). The Morgan fingerprint density at radius 2 is 2.30 bits per heavy atom. The van der Waals surface area contributed by atoms with Gasteiger partial charge in [-0.15, -0.1) is 0 Å². The predicted molar refractivity (Wildman–Crippen MR) is 37.6 cm³/mol. The number of amides is 1. The summed E-state index contributed by atoms with van der Waals surface area (Å²) in [5.74, 6) is -0.00873. The zero-order valence-electron chi connectivity index (χ0n) is 6.44. The Morgan fingerprint density at radius 3 is 3.00 bits per heavy atom. The molecule has 1 rings (SSSR count). The number of carbonyl (C=O) groups excluding carboxylic acids is 1. The molecular formula is C7H13NO2. The summed E-state index contributed by atoms with van der Waals surface area (Å²) in [7, 11) is 0. The minimum atomic E-state index is -0.00873. The van der Waals surface area contributed by atoms with Crippen molar-refractivity contribution in [3.05, 3.63) is 0 Å². The molecule has 1 aliphatic heterocycles. The summed E-state index contributed by atoms with van der Waals surface area (Å²) in [6.45, 7) is 5.72. The van der Waals surface area contributed by atoms with Gasteiger partial charge in [-0.2, -0.15) is 0 Å². The normalized spacial score (nSPS) is 25.2. The first-order valence-electron chi connectivity index (χ1n) is 3.45. The number of nitrogens with one attached hydrogen (secondary N) is 1. The van der Waals surface area contributed by atoms with Crippen LogP contribution >= 0.6 is 0 Å². The Bertz CT molecular complexity index is 143. The molecule has 0 saturated carbocycles. The van der Waals surface area contributed by atoms with Crippen molar-refractivity contribution in [3.63, 3.8) is 0 Å². The van der Waals surface area contributed by atoms with Crippen LogP contribution in [0.4, 0.5) is 0 Å². The third-order valence-corrected chi connectivity index (χ3v) is 1.49. The third kappa shape index (κ3) is 1.99. The zero-order chi connectivity index (χ0) is 7.61. The molecule has 0 spiro atoms. The van der Waals surface area contributed by atoms with Gasteiger partial charge in [-0.1, -0.05) is 13.8 Å². The van der Waals surface area contributed by atoms with E-state index < -0.39 is 0 Å². The highest BCUT2D eigenvalue weighted by atomic mass is 16.5. The fraction of sp³-hybridized carbons (Fsp3) is 0.857. The van der Waals surface area contributed by atoms with Crippen molar-refractivity contribution in [2.24, 2.45) is 5.41 Å². The highest BCUT2D eigenvalue weighted by Crippen LogP contribution is 2.15. The number of hydrogen-bond acceptors (Lipinski definition) is 2. The largest absolute Gasteiger partial charge is 0.371 e. The lowest BCUT2D eigenvalue weighted by Crippen LogP contribution is -2.32. The summed E-state index contributed by atoms with van der Waals surface area (Å²) >= 11 is 0. The van der Waals surface area contributed by atoms with Gasteiger partial charge in [0.15, 0.2) is 0 Å². The van der Waals surface area contributed by atoms with Gasteiger partial charge in [0, 0.05) is 12.0 Å². The monoisotopic (exact) mass is 143 g/mol. The molecule has 1 amide bonds. The van der Waals surface area contributed by atoms with Crippen LogP contribution in [-0.2, 0) is 9.53 Å². The Morgan fingerprint density at radius 1 is 1.60 bits per heavy atom. The SMILES string of the molecule is CC1(C)CNC(=O)COC1. The molecule has 0 aromatic heterocycles. The summed E-state index contributed by atoms with van der Waals surface area (Å²) in [5, 5.41) is 2.77. The summed E-state index contributed by atoms with van der Waals surface area (Å²) in [4.78, 5) is 10.7. The molecular weight excluding hydrogens is 130 g/mol. The van der Waals surface area contributed by atoms with Gasteiger partial charge in [-0.25, -0.2) is 0 Å². The highest BCUT2D eigenvalue weighted by Gasteiger charge is 2.22. The predicted octanol–water partition coefficient (Wildman–Crippen LogP) is 0.159. The lowest BCUT2D eigenvalue weighted by Gasteiger charge is -2.19. The van der Waals surface area contributed by atoms with E-state index in [1.54, 1.807) is 0 Å². The first-order chi connectivity index (χ1) is 4.60. The molecule has 0 aliphatic carbocycles. The molecule has 1 N–H and O–H groups in total. The van der Waals surface area contributed by atoms with Crippen molar-refractivity contribution in [1.29, 1.82) is 0 Å². The second-order valence-electron chi connectivity index (χ2n) is 3.43. The maximum Gasteiger partial charge on any atom is 0.246 e. The van der Waals surface area contributed by atoms with Crippen molar-refractivity contribution in [2.45, 2.75) is 13.8 Å². The molecule has 1 aliphatic rings. The second kappa shape index (κ2) is 2.58. The van der Waals surface area contributed by atoms with Gasteiger partial charge in [-0.05, 0) is 0 Å². The van der Waals surface area contributed by atoms with E-state index in [0.29, 0.717) is 13.2 Å². The van der Waals surface area contributed by atoms with E-state index in [-0.39, 0.29) is 17.9 Å². The first kappa shape index (κ1) is 7.54. The van der Waals surface area contributed by atoms with E-state index in [4.69, 9.17) is 4.74 Å². The average Bonchev–Trinajstić information content (AvgIpc) is 1.94. The van der Waals surface area contributed by atoms with Crippen LogP contribution in [0.1, 0.15) is 13.8 Å². The summed E-state index contributed by atoms with van der Waals surface area (Å²) < 4.78 is 5.11. The van der Waals surface area contributed by atoms with Gasteiger partial charge in [0.25, 0.3) is 0 Å². The lowest BCUT2D eigenvalue weighted by molar-refractivity contribution is -0.124. The molecule has 58 valence electrons. The first-order valence-corrected chi connectivity index (χ1v) is 3.45. The highest BCUT2D eigenvalue weighted by molar-refractivity contribution is 5.77. The third-order valence-electron chi connectivity index (χ3n) is 1.49. The minimum Gasteiger partial charge on any atom is -0.371 e. The summed E-state index contributed by atoms with van der Waals surface area (Å²) in [6.07, 6.45) is 0. The molecule has 1 saturated heterocycles. The van der Waals surface area contributed by atoms with Crippen molar-refractivity contribution in [1.82, 2.24) is 5.32 Å². The Kier molecular flexibility index (Phi) is 1.94. The maximum absolute atomic E-state index is 10.7. The van der Waals surface area contributed by atoms with Crippen molar-refractivity contribution < 1.29 is 9.53 Å². The topological polar surface area (TPSA) is 38.3 Å². The van der Waals surface area contributed by atoms with Crippen LogP contribution in [0.25, 0.3) is 0 Å². The molecule has 0 radical (unpaired) electrons. The molecule has 10 heavy (non-hydrogen) atoms. The van der Waals surface area contributed by atoms with Crippen LogP contribution in [0.2, 0.25) is 0 Å². The van der Waals surface area contributed by atoms with Crippen LogP contribution in [-0.4, -0.2) is 25.7 Å². The lowest BCUT2D eigenvalue weighted by atomic mass is 9.95. The van der Waals surface area contributed by atoms with Crippen LogP contribution in [0, 0.1) is 5.41 Å². The molecule has 3 nitrogen and oxygen atoms in total. The number of carbonyl (C=O) groups is 1. The number of rotatable bonds is 0. The van der Waals surface area contributed by atoms with E-state index in [1.165, 1.54) is 0 Å². The Balaban J connectivity index is 2.48. The van der Waals surface area contributed by atoms with Crippen LogP contribution in [0.5, 0.6) is 0 Å². The Hall–Kier alpha value is -0.570. The zero-order valence-corrected chi connectivity index (χ0v) is 6.44. The number of ether oxygens (including phenoxy) is 1. The second-order valence-corrected chi connectivity index (χ2v) is 3.43. The van der Waals surface area contributed by atoms with Crippen LogP contribution in [0.15, 0.2) is 0 Å². The van der Waals surface area contributed by atoms with E-state index in [9.17, 15) is 4.79 Å². The summed E-state index contributed by atoms with van der Waals surface area (Å²) in [5.41, 5.74) is 0.0894. The molecule has 3 heteroatoms. The molecule has 0 aromatic rings. The maximum atomic E-state index is 10.7. The van der Waals surface area contributed by atoms with E-state index in [2.05, 4.69) is 19.2 Å².